The molecule has 0 atom stereocenters. The number of hydrogen-bond acceptors (Lipinski definition) is 2. The van der Waals surface area contributed by atoms with Crippen LogP contribution in [0, 0.1) is 5.92 Å². The molecule has 0 bridgehead atoms. The van der Waals surface area contributed by atoms with Crippen LogP contribution in [0.3, 0.4) is 0 Å². The standard InChI is InChI=1S/C10H18N2O/c13-10(4-3-9-1-2-9)12-7-5-11-6-8-12/h9,11H,1-8H2. The van der Waals surface area contributed by atoms with Crippen molar-refractivity contribution in [3.63, 3.8) is 0 Å². The lowest BCUT2D eigenvalue weighted by molar-refractivity contribution is -0.131. The van der Waals surface area contributed by atoms with E-state index in [4.69, 9.17) is 0 Å². The SMILES string of the molecule is O=C(CCC1CC1)N1CCNCC1. The number of piperazine rings is 1. The molecule has 3 nitrogen and oxygen atoms in total. The Bertz CT molecular complexity index is 183. The van der Waals surface area contributed by atoms with E-state index in [-0.39, 0.29) is 0 Å². The third-order valence-corrected chi connectivity index (χ3v) is 2.93. The van der Waals surface area contributed by atoms with Crippen molar-refractivity contribution in [1.29, 1.82) is 0 Å². The van der Waals surface area contributed by atoms with Gasteiger partial charge in [-0.25, -0.2) is 0 Å². The van der Waals surface area contributed by atoms with Gasteiger partial charge in [0.25, 0.3) is 0 Å². The van der Waals surface area contributed by atoms with Gasteiger partial charge in [0, 0.05) is 32.6 Å². The Kier molecular flexibility index (Phi) is 2.83. The Balaban J connectivity index is 1.67. The molecule has 1 aliphatic carbocycles. The van der Waals surface area contributed by atoms with Crippen LogP contribution in [-0.2, 0) is 4.79 Å². The molecule has 1 N–H and O–H groups in total. The maximum atomic E-state index is 11.6. The highest BCUT2D eigenvalue weighted by Crippen LogP contribution is 2.33. The molecule has 1 aliphatic heterocycles. The highest BCUT2D eigenvalue weighted by Gasteiger charge is 2.23. The van der Waals surface area contributed by atoms with E-state index in [1.165, 1.54) is 12.8 Å². The number of carbonyl (C=O) groups excluding carboxylic acids is 1. The zero-order chi connectivity index (χ0) is 9.10. The van der Waals surface area contributed by atoms with Crippen LogP contribution in [0.25, 0.3) is 0 Å². The van der Waals surface area contributed by atoms with Crippen LogP contribution in [-0.4, -0.2) is 37.0 Å². The van der Waals surface area contributed by atoms with Gasteiger partial charge in [0.1, 0.15) is 0 Å². The number of rotatable bonds is 3. The van der Waals surface area contributed by atoms with Crippen LogP contribution in [0.4, 0.5) is 0 Å². The normalized spacial score (nSPS) is 23.2. The van der Waals surface area contributed by atoms with E-state index in [9.17, 15) is 4.79 Å². The number of amides is 1. The van der Waals surface area contributed by atoms with Crippen molar-refractivity contribution < 1.29 is 4.79 Å². The van der Waals surface area contributed by atoms with E-state index in [2.05, 4.69) is 5.32 Å². The first-order valence-electron chi connectivity index (χ1n) is 5.35. The summed E-state index contributed by atoms with van der Waals surface area (Å²) in [5.41, 5.74) is 0. The predicted molar refractivity (Wildman–Crippen MR) is 51.4 cm³/mol. The maximum absolute atomic E-state index is 11.6. The molecule has 0 aromatic heterocycles. The molecule has 3 heteroatoms. The van der Waals surface area contributed by atoms with Crippen LogP contribution < -0.4 is 5.32 Å². The summed E-state index contributed by atoms with van der Waals surface area (Å²) in [6, 6.07) is 0. The van der Waals surface area contributed by atoms with Crippen molar-refractivity contribution in [1.82, 2.24) is 10.2 Å². The number of hydrogen-bond donors (Lipinski definition) is 1. The molecular weight excluding hydrogens is 164 g/mol. The van der Waals surface area contributed by atoms with Gasteiger partial charge >= 0.3 is 0 Å². The lowest BCUT2D eigenvalue weighted by Crippen LogP contribution is -2.46. The Labute approximate surface area is 79.5 Å². The van der Waals surface area contributed by atoms with Crippen LogP contribution in [0.2, 0.25) is 0 Å². The molecular formula is C10H18N2O. The minimum Gasteiger partial charge on any atom is -0.340 e. The summed E-state index contributed by atoms with van der Waals surface area (Å²) < 4.78 is 0. The maximum Gasteiger partial charge on any atom is 0.222 e. The zero-order valence-electron chi connectivity index (χ0n) is 8.09. The van der Waals surface area contributed by atoms with Crippen molar-refractivity contribution in [2.75, 3.05) is 26.2 Å². The van der Waals surface area contributed by atoms with Gasteiger partial charge in [-0.1, -0.05) is 12.8 Å². The Morgan fingerprint density at radius 1 is 1.31 bits per heavy atom. The fourth-order valence-electron chi connectivity index (χ4n) is 1.81. The molecule has 0 aromatic rings. The smallest absolute Gasteiger partial charge is 0.222 e. The van der Waals surface area contributed by atoms with Crippen LogP contribution in [0.15, 0.2) is 0 Å². The van der Waals surface area contributed by atoms with Crippen LogP contribution in [0.1, 0.15) is 25.7 Å². The number of carbonyl (C=O) groups is 1. The molecule has 1 saturated carbocycles. The van der Waals surface area contributed by atoms with E-state index in [0.29, 0.717) is 5.91 Å². The lowest BCUT2D eigenvalue weighted by Gasteiger charge is -2.27. The topological polar surface area (TPSA) is 32.3 Å². The summed E-state index contributed by atoms with van der Waals surface area (Å²) in [7, 11) is 0. The summed E-state index contributed by atoms with van der Waals surface area (Å²) in [6.07, 6.45) is 4.62. The fourth-order valence-corrected chi connectivity index (χ4v) is 1.81. The lowest BCUT2D eigenvalue weighted by atomic mass is 10.2. The van der Waals surface area contributed by atoms with Crippen LogP contribution in [0.5, 0.6) is 0 Å². The van der Waals surface area contributed by atoms with Crippen molar-refractivity contribution in [3.8, 4) is 0 Å². The molecule has 0 unspecified atom stereocenters. The monoisotopic (exact) mass is 182 g/mol. The van der Waals surface area contributed by atoms with Gasteiger partial charge in [-0.2, -0.15) is 0 Å². The van der Waals surface area contributed by atoms with E-state index in [1.54, 1.807) is 0 Å². The second-order valence-electron chi connectivity index (χ2n) is 4.11. The molecule has 0 radical (unpaired) electrons. The average Bonchev–Trinajstić information content (AvgIpc) is 2.99. The minimum absolute atomic E-state index is 0.369. The highest BCUT2D eigenvalue weighted by atomic mass is 16.2. The first kappa shape index (κ1) is 9.00. The van der Waals surface area contributed by atoms with Crippen molar-refractivity contribution in [2.24, 2.45) is 5.92 Å². The van der Waals surface area contributed by atoms with E-state index < -0.39 is 0 Å². The summed E-state index contributed by atoms with van der Waals surface area (Å²) in [6.45, 7) is 3.75. The Morgan fingerprint density at radius 3 is 2.62 bits per heavy atom. The molecule has 1 saturated heterocycles. The summed E-state index contributed by atoms with van der Waals surface area (Å²) in [5.74, 6) is 1.25. The number of nitrogens with one attached hydrogen (secondary N) is 1. The van der Waals surface area contributed by atoms with Gasteiger partial charge in [0.2, 0.25) is 5.91 Å². The van der Waals surface area contributed by atoms with Gasteiger partial charge in [0.15, 0.2) is 0 Å². The summed E-state index contributed by atoms with van der Waals surface area (Å²) in [5, 5.41) is 3.25. The van der Waals surface area contributed by atoms with E-state index in [0.717, 1.165) is 44.9 Å². The Morgan fingerprint density at radius 2 is 2.00 bits per heavy atom. The van der Waals surface area contributed by atoms with Gasteiger partial charge in [-0.3, -0.25) is 4.79 Å². The van der Waals surface area contributed by atoms with E-state index >= 15 is 0 Å². The second-order valence-corrected chi connectivity index (χ2v) is 4.11. The van der Waals surface area contributed by atoms with Crippen LogP contribution >= 0.6 is 0 Å². The molecule has 13 heavy (non-hydrogen) atoms. The van der Waals surface area contributed by atoms with Crippen molar-refractivity contribution in [3.05, 3.63) is 0 Å². The Hall–Kier alpha value is -0.570. The van der Waals surface area contributed by atoms with Crippen molar-refractivity contribution in [2.45, 2.75) is 25.7 Å². The first-order valence-corrected chi connectivity index (χ1v) is 5.35. The third kappa shape index (κ3) is 2.69. The molecule has 2 fully saturated rings. The largest absolute Gasteiger partial charge is 0.340 e. The molecule has 1 amide bonds. The quantitative estimate of drug-likeness (QED) is 0.693. The van der Waals surface area contributed by atoms with Crippen molar-refractivity contribution >= 4 is 5.91 Å². The minimum atomic E-state index is 0.369. The van der Waals surface area contributed by atoms with Gasteiger partial charge in [0.05, 0.1) is 0 Å². The highest BCUT2D eigenvalue weighted by molar-refractivity contribution is 5.76. The summed E-state index contributed by atoms with van der Waals surface area (Å²) in [4.78, 5) is 13.6. The third-order valence-electron chi connectivity index (χ3n) is 2.93. The second kappa shape index (κ2) is 4.09. The summed E-state index contributed by atoms with van der Waals surface area (Å²) >= 11 is 0. The van der Waals surface area contributed by atoms with Gasteiger partial charge in [-0.15, -0.1) is 0 Å². The predicted octanol–water partition coefficient (Wildman–Crippen LogP) is 0.608. The molecule has 2 rings (SSSR count). The van der Waals surface area contributed by atoms with E-state index in [1.807, 2.05) is 4.90 Å². The molecule has 74 valence electrons. The fraction of sp³-hybridized carbons (Fsp3) is 0.900. The molecule has 1 heterocycles. The number of nitrogens with zero attached hydrogens (tertiary/aromatic N) is 1. The molecule has 0 spiro atoms. The molecule has 2 aliphatic rings. The first-order chi connectivity index (χ1) is 6.36. The zero-order valence-corrected chi connectivity index (χ0v) is 8.09. The average molecular weight is 182 g/mol. The van der Waals surface area contributed by atoms with Gasteiger partial charge < -0.3 is 10.2 Å². The molecule has 0 aromatic carbocycles. The van der Waals surface area contributed by atoms with Gasteiger partial charge in [-0.05, 0) is 12.3 Å².